The molecule has 0 saturated carbocycles. The van der Waals surface area contributed by atoms with Crippen molar-refractivity contribution in [3.05, 3.63) is 81.2 Å². The maximum Gasteiger partial charge on any atom is 0.237 e. The average molecular weight is 547 g/mol. The van der Waals surface area contributed by atoms with E-state index < -0.39 is 0 Å². The largest absolute Gasteiger partial charge is 0.480 e. The van der Waals surface area contributed by atoms with Crippen LogP contribution in [-0.4, -0.2) is 38.4 Å². The van der Waals surface area contributed by atoms with Crippen molar-refractivity contribution in [3.8, 4) is 22.8 Å². The molecule has 1 aliphatic rings. The highest BCUT2D eigenvalue weighted by Crippen LogP contribution is 2.40. The fourth-order valence-corrected chi connectivity index (χ4v) is 5.82. The summed E-state index contributed by atoms with van der Waals surface area (Å²) in [6, 6.07) is 12.7. The molecule has 9 heteroatoms. The lowest BCUT2D eigenvalue weighted by molar-refractivity contribution is 0.396. The number of aryl methyl sites for hydroxylation is 2. The third-order valence-corrected chi connectivity index (χ3v) is 7.89. The molecule has 0 saturated heterocycles. The van der Waals surface area contributed by atoms with Crippen molar-refractivity contribution in [3.63, 3.8) is 0 Å². The number of para-hydroxylation sites is 1. The van der Waals surface area contributed by atoms with Crippen LogP contribution < -0.4 is 9.64 Å². The normalized spacial score (nSPS) is 13.2. The Kier molecular flexibility index (Phi) is 6.50. The van der Waals surface area contributed by atoms with E-state index in [1.807, 2.05) is 12.3 Å². The molecule has 194 valence electrons. The minimum atomic E-state index is 0.370. The van der Waals surface area contributed by atoms with E-state index in [-0.39, 0.29) is 0 Å². The van der Waals surface area contributed by atoms with Gasteiger partial charge >= 0.3 is 0 Å². The molecule has 1 aliphatic heterocycles. The average Bonchev–Trinajstić information content (AvgIpc) is 3.59. The number of H-pyrrole nitrogens is 1. The summed E-state index contributed by atoms with van der Waals surface area (Å²) in [5.41, 5.74) is 9.03. The monoisotopic (exact) mass is 546 g/mol. The van der Waals surface area contributed by atoms with Gasteiger partial charge in [-0.2, -0.15) is 10.1 Å². The van der Waals surface area contributed by atoms with Crippen LogP contribution in [0.15, 0.2) is 48.8 Å². The van der Waals surface area contributed by atoms with Crippen LogP contribution in [0.1, 0.15) is 36.2 Å². The maximum atomic E-state index is 6.57. The lowest BCUT2D eigenvalue weighted by atomic mass is 9.97. The number of nitrogens with zero attached hydrogens (tertiary/aromatic N) is 5. The molecule has 6 rings (SSSR count). The quantitative estimate of drug-likeness (QED) is 0.253. The van der Waals surface area contributed by atoms with E-state index >= 15 is 0 Å². The van der Waals surface area contributed by atoms with Crippen molar-refractivity contribution in [2.45, 2.75) is 39.7 Å². The van der Waals surface area contributed by atoms with Crippen molar-refractivity contribution < 1.29 is 4.74 Å². The number of rotatable bonds is 6. The van der Waals surface area contributed by atoms with Crippen molar-refractivity contribution in [2.24, 2.45) is 0 Å². The first kappa shape index (κ1) is 24.8. The van der Waals surface area contributed by atoms with Crippen LogP contribution in [0, 0.1) is 0 Å². The van der Waals surface area contributed by atoms with Crippen LogP contribution in [-0.2, 0) is 25.8 Å². The number of nitrogens with one attached hydrogen (secondary N) is 1. The number of aromatic nitrogens is 5. The number of aromatic amines is 1. The molecule has 4 heterocycles. The number of anilines is 1. The Bertz CT molecular complexity index is 1630. The number of ether oxygens (including phenoxy) is 1. The van der Waals surface area contributed by atoms with Gasteiger partial charge in [0.15, 0.2) is 0 Å². The van der Waals surface area contributed by atoms with Gasteiger partial charge in [-0.3, -0.25) is 0 Å². The molecule has 0 bridgehead atoms. The van der Waals surface area contributed by atoms with Gasteiger partial charge in [0.2, 0.25) is 11.8 Å². The van der Waals surface area contributed by atoms with Crippen molar-refractivity contribution in [1.29, 1.82) is 0 Å². The van der Waals surface area contributed by atoms with Gasteiger partial charge in [-0.1, -0.05) is 61.3 Å². The smallest absolute Gasteiger partial charge is 0.237 e. The zero-order chi connectivity index (χ0) is 26.4. The predicted octanol–water partition coefficient (Wildman–Crippen LogP) is 6.81. The predicted molar refractivity (Wildman–Crippen MR) is 153 cm³/mol. The zero-order valence-corrected chi connectivity index (χ0v) is 23.1. The Labute approximate surface area is 231 Å². The molecule has 0 atom stereocenters. The summed E-state index contributed by atoms with van der Waals surface area (Å²) in [6.45, 7) is 5.74. The zero-order valence-electron chi connectivity index (χ0n) is 21.6. The van der Waals surface area contributed by atoms with Gasteiger partial charge in [0.25, 0.3) is 0 Å². The molecule has 0 unspecified atom stereocenters. The number of methoxy groups -OCH3 is 1. The fraction of sp³-hybridized carbons (Fsp3) is 0.276. The van der Waals surface area contributed by atoms with Crippen LogP contribution in [0.25, 0.3) is 27.8 Å². The standard InChI is InChI=1S/C29H28Cl2N6O/c1-4-17-7-6-8-18(5-2)26(17)37-27(20-9-10-22(30)25-19(20)11-13-32-25)21-16-36(14-12-24(21)35-37)29-33-15-23(31)28(34-29)38-3/h6-11,13,15,32H,4-5,12,14,16H2,1-3H3. The molecule has 7 nitrogen and oxygen atoms in total. The lowest BCUT2D eigenvalue weighted by Crippen LogP contribution is -2.31. The molecule has 2 aromatic carbocycles. The summed E-state index contributed by atoms with van der Waals surface area (Å²) >= 11 is 12.8. The number of hydrogen-bond donors (Lipinski definition) is 1. The Balaban J connectivity index is 1.59. The van der Waals surface area contributed by atoms with E-state index in [1.165, 1.54) is 11.1 Å². The number of benzene rings is 2. The molecule has 0 aliphatic carbocycles. The molecule has 1 N–H and O–H groups in total. The summed E-state index contributed by atoms with van der Waals surface area (Å²) < 4.78 is 7.53. The summed E-state index contributed by atoms with van der Waals surface area (Å²) in [7, 11) is 1.56. The van der Waals surface area contributed by atoms with Crippen molar-refractivity contribution in [1.82, 2.24) is 24.7 Å². The van der Waals surface area contributed by atoms with Crippen LogP contribution in [0.4, 0.5) is 5.95 Å². The van der Waals surface area contributed by atoms with Crippen molar-refractivity contribution in [2.75, 3.05) is 18.6 Å². The summed E-state index contributed by atoms with van der Waals surface area (Å²) in [5, 5.41) is 7.41. The van der Waals surface area contributed by atoms with Gasteiger partial charge in [-0.05, 0) is 36.1 Å². The van der Waals surface area contributed by atoms with E-state index in [9.17, 15) is 0 Å². The summed E-state index contributed by atoms with van der Waals surface area (Å²) in [6.07, 6.45) is 6.12. The maximum absolute atomic E-state index is 6.57. The Morgan fingerprint density at radius 2 is 1.82 bits per heavy atom. The van der Waals surface area contributed by atoms with Gasteiger partial charge in [0, 0.05) is 42.2 Å². The number of hydrogen-bond acceptors (Lipinski definition) is 5. The van der Waals surface area contributed by atoms with Gasteiger partial charge in [0.05, 0.1) is 40.9 Å². The highest BCUT2D eigenvalue weighted by atomic mass is 35.5. The Hall–Kier alpha value is -3.55. The van der Waals surface area contributed by atoms with Gasteiger partial charge in [-0.15, -0.1) is 0 Å². The van der Waals surface area contributed by atoms with Crippen LogP contribution >= 0.6 is 23.2 Å². The second-order valence-corrected chi connectivity index (χ2v) is 10.2. The molecule has 0 spiro atoms. The van der Waals surface area contributed by atoms with E-state index in [4.69, 9.17) is 33.0 Å². The minimum absolute atomic E-state index is 0.370. The minimum Gasteiger partial charge on any atom is -0.480 e. The van der Waals surface area contributed by atoms with Crippen molar-refractivity contribution >= 4 is 40.1 Å². The van der Waals surface area contributed by atoms with Gasteiger partial charge < -0.3 is 14.6 Å². The van der Waals surface area contributed by atoms with E-state index in [0.29, 0.717) is 28.4 Å². The molecule has 0 fully saturated rings. The second-order valence-electron chi connectivity index (χ2n) is 9.38. The molecule has 38 heavy (non-hydrogen) atoms. The first-order valence-corrected chi connectivity index (χ1v) is 13.6. The lowest BCUT2D eigenvalue weighted by Gasteiger charge is -2.27. The Morgan fingerprint density at radius 3 is 2.55 bits per heavy atom. The highest BCUT2D eigenvalue weighted by Gasteiger charge is 2.30. The first-order chi connectivity index (χ1) is 18.5. The molecule has 0 radical (unpaired) electrons. The molecule has 3 aromatic heterocycles. The molecule has 0 amide bonds. The highest BCUT2D eigenvalue weighted by molar-refractivity contribution is 6.35. The van der Waals surface area contributed by atoms with Gasteiger partial charge in [-0.25, -0.2) is 9.67 Å². The molecule has 5 aromatic rings. The molecular formula is C29H28Cl2N6O. The molecular weight excluding hydrogens is 519 g/mol. The Morgan fingerprint density at radius 1 is 1.03 bits per heavy atom. The van der Waals surface area contributed by atoms with Crippen LogP contribution in [0.2, 0.25) is 10.0 Å². The van der Waals surface area contributed by atoms with Crippen LogP contribution in [0.5, 0.6) is 5.88 Å². The topological polar surface area (TPSA) is 71.9 Å². The third kappa shape index (κ3) is 4.01. The second kappa shape index (κ2) is 9.97. The fourth-order valence-electron chi connectivity index (χ4n) is 5.44. The summed E-state index contributed by atoms with van der Waals surface area (Å²) in [4.78, 5) is 14.6. The summed E-state index contributed by atoms with van der Waals surface area (Å²) in [5.74, 6) is 0.955. The number of fused-ring (bicyclic) bond motifs is 2. The van der Waals surface area contributed by atoms with Gasteiger partial charge in [0.1, 0.15) is 5.02 Å². The van der Waals surface area contributed by atoms with E-state index in [1.54, 1.807) is 13.3 Å². The number of halogens is 2. The van der Waals surface area contributed by atoms with E-state index in [0.717, 1.165) is 64.9 Å². The van der Waals surface area contributed by atoms with Crippen LogP contribution in [0.3, 0.4) is 0 Å². The first-order valence-electron chi connectivity index (χ1n) is 12.8. The van der Waals surface area contributed by atoms with E-state index in [2.05, 4.69) is 68.7 Å². The SMILES string of the molecule is CCc1cccc(CC)c1-n1nc2c(c1-c1ccc(Cl)c3[nH]ccc13)CN(c1ncc(Cl)c(OC)n1)CC2. The third-order valence-electron chi connectivity index (χ3n) is 7.31.